The largest absolute Gasteiger partial charge is 0.466 e. The Morgan fingerprint density at radius 2 is 1.94 bits per heavy atom. The summed E-state index contributed by atoms with van der Waals surface area (Å²) in [6, 6.07) is 6.25. The first kappa shape index (κ1) is 24.0. The van der Waals surface area contributed by atoms with E-state index in [1.807, 2.05) is 30.5 Å². The topological polar surface area (TPSA) is 150 Å². The van der Waals surface area contributed by atoms with Crippen LogP contribution in [0.3, 0.4) is 0 Å². The van der Waals surface area contributed by atoms with Gasteiger partial charge in [0.1, 0.15) is 12.3 Å². The van der Waals surface area contributed by atoms with Gasteiger partial charge in [0, 0.05) is 23.5 Å². The van der Waals surface area contributed by atoms with E-state index in [1.54, 1.807) is 13.8 Å². The van der Waals surface area contributed by atoms with Gasteiger partial charge in [-0.2, -0.15) is 0 Å². The highest BCUT2D eigenvalue weighted by Gasteiger charge is 2.26. The van der Waals surface area contributed by atoms with E-state index < -0.39 is 29.9 Å². The molecule has 1 amide bonds. The summed E-state index contributed by atoms with van der Waals surface area (Å²) in [6.07, 6.45) is 3.52. The summed E-state index contributed by atoms with van der Waals surface area (Å²) in [5, 5.41) is 3.60. The smallest absolute Gasteiger partial charge is 0.328 e. The van der Waals surface area contributed by atoms with E-state index in [9.17, 15) is 14.4 Å². The fraction of sp³-hybridized carbons (Fsp3) is 0.391. The first-order chi connectivity index (χ1) is 15.9. The molecule has 33 heavy (non-hydrogen) atoms. The number of para-hydroxylation sites is 1. The lowest BCUT2D eigenvalue weighted by atomic mass is 10.1. The van der Waals surface area contributed by atoms with Gasteiger partial charge >= 0.3 is 11.9 Å². The Kier molecular flexibility index (Phi) is 8.20. The summed E-state index contributed by atoms with van der Waals surface area (Å²) >= 11 is 0. The molecule has 0 fully saturated rings. The molecule has 0 saturated carbocycles. The highest BCUT2D eigenvalue weighted by Crippen LogP contribution is 2.23. The van der Waals surface area contributed by atoms with Crippen molar-refractivity contribution >= 4 is 28.7 Å². The van der Waals surface area contributed by atoms with Crippen LogP contribution in [0.4, 0.5) is 0 Å². The van der Waals surface area contributed by atoms with E-state index in [0.717, 1.165) is 16.5 Å². The molecular formula is C23H28N4O6. The molecule has 10 nitrogen and oxygen atoms in total. The molecule has 0 spiro atoms. The lowest BCUT2D eigenvalue weighted by Crippen LogP contribution is -2.42. The molecule has 0 aliphatic heterocycles. The monoisotopic (exact) mass is 456 g/mol. The van der Waals surface area contributed by atoms with Gasteiger partial charge in [-0.3, -0.25) is 9.59 Å². The number of ether oxygens (including phenoxy) is 2. The molecule has 3 rings (SSSR count). The van der Waals surface area contributed by atoms with Crippen LogP contribution in [0, 0.1) is 0 Å². The quantitative estimate of drug-likeness (QED) is 0.372. The van der Waals surface area contributed by atoms with E-state index in [2.05, 4.69) is 15.3 Å². The molecule has 0 aliphatic rings. The maximum Gasteiger partial charge on any atom is 0.328 e. The molecule has 2 atom stereocenters. The number of aromatic nitrogens is 2. The zero-order valence-electron chi connectivity index (χ0n) is 18.6. The van der Waals surface area contributed by atoms with Gasteiger partial charge < -0.3 is 29.9 Å². The van der Waals surface area contributed by atoms with Gasteiger partial charge in [0.05, 0.1) is 19.3 Å². The molecule has 0 bridgehead atoms. The number of esters is 2. The summed E-state index contributed by atoms with van der Waals surface area (Å²) in [4.78, 5) is 43.9. The van der Waals surface area contributed by atoms with Crippen molar-refractivity contribution in [2.45, 2.75) is 45.2 Å². The average molecular weight is 456 g/mol. The number of hydrogen-bond donors (Lipinski definition) is 3. The van der Waals surface area contributed by atoms with Crippen LogP contribution in [0.15, 0.2) is 41.1 Å². The molecule has 0 saturated heterocycles. The van der Waals surface area contributed by atoms with Crippen LogP contribution >= 0.6 is 0 Å². The normalized spacial score (nSPS) is 12.8. The number of nitrogens with zero attached hydrogens (tertiary/aromatic N) is 1. The fourth-order valence-corrected chi connectivity index (χ4v) is 3.41. The predicted molar refractivity (Wildman–Crippen MR) is 119 cm³/mol. The molecule has 2 aromatic heterocycles. The molecule has 0 aliphatic carbocycles. The van der Waals surface area contributed by atoms with Crippen LogP contribution in [-0.4, -0.2) is 47.1 Å². The summed E-state index contributed by atoms with van der Waals surface area (Å²) in [7, 11) is 0. The third kappa shape index (κ3) is 6.19. The number of nitrogens with one attached hydrogen (secondary N) is 2. The predicted octanol–water partition coefficient (Wildman–Crippen LogP) is 2.40. The van der Waals surface area contributed by atoms with Gasteiger partial charge in [0.15, 0.2) is 5.69 Å². The Bertz CT molecular complexity index is 1110. The van der Waals surface area contributed by atoms with Gasteiger partial charge in [-0.1, -0.05) is 18.2 Å². The van der Waals surface area contributed by atoms with E-state index in [4.69, 9.17) is 19.6 Å². The molecule has 3 aromatic rings. The second kappa shape index (κ2) is 11.3. The van der Waals surface area contributed by atoms with Crippen molar-refractivity contribution in [3.63, 3.8) is 0 Å². The highest BCUT2D eigenvalue weighted by atomic mass is 16.5. The van der Waals surface area contributed by atoms with Crippen molar-refractivity contribution in [3.8, 4) is 0 Å². The number of aromatic amines is 1. The van der Waals surface area contributed by atoms with Gasteiger partial charge in [0.2, 0.25) is 5.89 Å². The second-order valence-electron chi connectivity index (χ2n) is 7.36. The number of carbonyl (C=O) groups is 3. The van der Waals surface area contributed by atoms with E-state index >= 15 is 0 Å². The van der Waals surface area contributed by atoms with Crippen LogP contribution in [0.1, 0.15) is 54.7 Å². The SMILES string of the molecule is CCOC(=O)CCC(NC(=O)c1coc(C(N)Cc2c[nH]c3ccccc23)n1)C(=O)OCC. The summed E-state index contributed by atoms with van der Waals surface area (Å²) < 4.78 is 15.3. The Labute approximate surface area is 190 Å². The molecular weight excluding hydrogens is 428 g/mol. The van der Waals surface area contributed by atoms with Crippen molar-refractivity contribution in [1.82, 2.24) is 15.3 Å². The average Bonchev–Trinajstić information content (AvgIpc) is 3.45. The molecule has 4 N–H and O–H groups in total. The zero-order chi connectivity index (χ0) is 23.8. The number of hydrogen-bond acceptors (Lipinski definition) is 8. The van der Waals surface area contributed by atoms with E-state index in [0.29, 0.717) is 6.42 Å². The van der Waals surface area contributed by atoms with Gasteiger partial charge in [-0.25, -0.2) is 9.78 Å². The standard InChI is InChI=1S/C23H28N4O6/c1-3-31-20(28)10-9-18(23(30)32-4-2)26-21(29)19-13-33-22(27-19)16(24)11-14-12-25-17-8-6-5-7-15(14)17/h5-8,12-13,16,18,25H,3-4,9-11,24H2,1-2H3,(H,26,29). The van der Waals surface area contributed by atoms with Gasteiger partial charge in [-0.15, -0.1) is 0 Å². The van der Waals surface area contributed by atoms with Crippen molar-refractivity contribution in [2.75, 3.05) is 13.2 Å². The molecule has 1 aromatic carbocycles. The first-order valence-corrected chi connectivity index (χ1v) is 10.8. The molecule has 2 unspecified atom stereocenters. The Balaban J connectivity index is 1.65. The van der Waals surface area contributed by atoms with E-state index in [1.165, 1.54) is 6.26 Å². The maximum atomic E-state index is 12.7. The lowest BCUT2D eigenvalue weighted by Gasteiger charge is -2.16. The van der Waals surface area contributed by atoms with Crippen molar-refractivity contribution in [3.05, 3.63) is 53.9 Å². The zero-order valence-corrected chi connectivity index (χ0v) is 18.6. The number of amides is 1. The van der Waals surface area contributed by atoms with Crippen LogP contribution in [0.2, 0.25) is 0 Å². The van der Waals surface area contributed by atoms with Crippen LogP contribution in [-0.2, 0) is 25.5 Å². The summed E-state index contributed by atoms with van der Waals surface area (Å²) in [5.74, 6) is -1.54. The number of H-pyrrole nitrogens is 1. The van der Waals surface area contributed by atoms with Crippen molar-refractivity contribution in [2.24, 2.45) is 5.73 Å². The van der Waals surface area contributed by atoms with Crippen LogP contribution < -0.4 is 11.1 Å². The number of rotatable bonds is 11. The highest BCUT2D eigenvalue weighted by molar-refractivity contribution is 5.95. The van der Waals surface area contributed by atoms with Crippen molar-refractivity contribution in [1.29, 1.82) is 0 Å². The van der Waals surface area contributed by atoms with E-state index in [-0.39, 0.29) is 37.6 Å². The van der Waals surface area contributed by atoms with Gasteiger partial charge in [-0.05, 0) is 38.3 Å². The molecule has 10 heteroatoms. The molecule has 176 valence electrons. The minimum atomic E-state index is -1.03. The third-order valence-corrected chi connectivity index (χ3v) is 5.01. The second-order valence-corrected chi connectivity index (χ2v) is 7.36. The van der Waals surface area contributed by atoms with Crippen LogP contribution in [0.25, 0.3) is 10.9 Å². The number of benzene rings is 1. The minimum absolute atomic E-state index is 0.0233. The Hall–Kier alpha value is -3.66. The summed E-state index contributed by atoms with van der Waals surface area (Å²) in [5.41, 5.74) is 8.24. The molecule has 2 heterocycles. The van der Waals surface area contributed by atoms with Crippen LogP contribution in [0.5, 0.6) is 0 Å². The fourth-order valence-electron chi connectivity index (χ4n) is 3.41. The number of nitrogens with two attached hydrogens (primary N) is 1. The lowest BCUT2D eigenvalue weighted by molar-refractivity contribution is -0.146. The summed E-state index contributed by atoms with van der Waals surface area (Å²) in [6.45, 7) is 3.71. The van der Waals surface area contributed by atoms with Gasteiger partial charge in [0.25, 0.3) is 5.91 Å². The Morgan fingerprint density at radius 3 is 2.70 bits per heavy atom. The maximum absolute atomic E-state index is 12.7. The number of fused-ring (bicyclic) bond motifs is 1. The minimum Gasteiger partial charge on any atom is -0.466 e. The Morgan fingerprint density at radius 1 is 1.18 bits per heavy atom. The molecule has 0 radical (unpaired) electrons. The van der Waals surface area contributed by atoms with Crippen molar-refractivity contribution < 1.29 is 28.3 Å². The number of oxazole rings is 1. The number of carbonyl (C=O) groups excluding carboxylic acids is 3. The third-order valence-electron chi connectivity index (χ3n) is 5.01. The first-order valence-electron chi connectivity index (χ1n) is 10.8.